The van der Waals surface area contributed by atoms with E-state index in [1.165, 1.54) is 0 Å². The van der Waals surface area contributed by atoms with Gasteiger partial charge in [-0.2, -0.15) is 5.10 Å². The summed E-state index contributed by atoms with van der Waals surface area (Å²) < 4.78 is 3.78. The summed E-state index contributed by atoms with van der Waals surface area (Å²) in [5.74, 6) is 0.668. The Morgan fingerprint density at radius 2 is 1.89 bits per heavy atom. The van der Waals surface area contributed by atoms with Gasteiger partial charge >= 0.3 is 0 Å². The zero-order chi connectivity index (χ0) is 19.2. The molecule has 2 aromatic heterocycles. The number of aryl methyl sites for hydroxylation is 1. The third-order valence-electron chi connectivity index (χ3n) is 5.84. The maximum absolute atomic E-state index is 12.7. The van der Waals surface area contributed by atoms with Gasteiger partial charge in [0.05, 0.1) is 12.7 Å². The van der Waals surface area contributed by atoms with Crippen LogP contribution >= 0.6 is 0 Å². The number of nitrogens with one attached hydrogen (secondary N) is 1. The Morgan fingerprint density at radius 3 is 2.64 bits per heavy atom. The van der Waals surface area contributed by atoms with Crippen molar-refractivity contribution in [2.24, 2.45) is 5.92 Å². The maximum atomic E-state index is 12.7. The second-order valence-corrected chi connectivity index (χ2v) is 7.75. The fraction of sp³-hybridized carbons (Fsp3) is 0.684. The van der Waals surface area contributed by atoms with E-state index in [1.807, 2.05) is 28.0 Å². The van der Waals surface area contributed by atoms with Crippen molar-refractivity contribution in [1.82, 2.24) is 39.9 Å². The van der Waals surface area contributed by atoms with Crippen LogP contribution in [0.4, 0.5) is 0 Å². The van der Waals surface area contributed by atoms with E-state index >= 15 is 0 Å². The van der Waals surface area contributed by atoms with Crippen LogP contribution in [0.25, 0.3) is 0 Å². The molecule has 0 radical (unpaired) electrons. The first-order valence-corrected chi connectivity index (χ1v) is 10.4. The van der Waals surface area contributed by atoms with Gasteiger partial charge in [-0.25, -0.2) is 0 Å². The van der Waals surface area contributed by atoms with E-state index in [-0.39, 0.29) is 5.91 Å². The number of hydrogen-bond donors (Lipinski definition) is 1. The third-order valence-corrected chi connectivity index (χ3v) is 5.84. The van der Waals surface area contributed by atoms with Gasteiger partial charge in [-0.15, -0.1) is 5.10 Å². The molecule has 0 spiro atoms. The molecule has 0 aromatic carbocycles. The molecule has 0 unspecified atom stereocenters. The molecular weight excluding hydrogens is 356 g/mol. The molecule has 2 fully saturated rings. The summed E-state index contributed by atoms with van der Waals surface area (Å²) >= 11 is 0. The Kier molecular flexibility index (Phi) is 6.33. The summed E-state index contributed by atoms with van der Waals surface area (Å²) in [6.07, 6.45) is 8.83. The lowest BCUT2D eigenvalue weighted by molar-refractivity contribution is 0.0678. The largest absolute Gasteiger partial charge is 0.337 e. The molecule has 2 saturated heterocycles. The Balaban J connectivity index is 1.21. The van der Waals surface area contributed by atoms with Crippen molar-refractivity contribution in [3.8, 4) is 0 Å². The summed E-state index contributed by atoms with van der Waals surface area (Å²) in [6.45, 7) is 8.49. The number of likely N-dealkylation sites (tertiary alicyclic amines) is 1. The Labute approximate surface area is 165 Å². The highest BCUT2D eigenvalue weighted by Gasteiger charge is 2.25. The van der Waals surface area contributed by atoms with Crippen molar-refractivity contribution in [1.29, 1.82) is 0 Å². The summed E-state index contributed by atoms with van der Waals surface area (Å²) in [7, 11) is 0. The highest BCUT2D eigenvalue weighted by molar-refractivity contribution is 5.91. The van der Waals surface area contributed by atoms with Crippen LogP contribution in [0.15, 0.2) is 24.7 Å². The van der Waals surface area contributed by atoms with Crippen LogP contribution in [-0.2, 0) is 13.1 Å². The van der Waals surface area contributed by atoms with Crippen LogP contribution < -0.4 is 5.32 Å². The average Bonchev–Trinajstić information content (AvgIpc) is 3.43. The van der Waals surface area contributed by atoms with Gasteiger partial charge in [-0.1, -0.05) is 5.21 Å². The molecule has 1 N–H and O–H groups in total. The number of piperazine rings is 1. The zero-order valence-electron chi connectivity index (χ0n) is 16.4. The van der Waals surface area contributed by atoms with E-state index in [2.05, 4.69) is 25.6 Å². The highest BCUT2D eigenvalue weighted by atomic mass is 16.2. The number of rotatable bonds is 7. The van der Waals surface area contributed by atoms with Crippen LogP contribution in [0.2, 0.25) is 0 Å². The zero-order valence-corrected chi connectivity index (χ0v) is 16.4. The molecule has 28 heavy (non-hydrogen) atoms. The second-order valence-electron chi connectivity index (χ2n) is 7.75. The van der Waals surface area contributed by atoms with Crippen LogP contribution in [0.1, 0.15) is 29.8 Å². The lowest BCUT2D eigenvalue weighted by atomic mass is 9.93. The molecule has 2 aliphatic rings. The molecule has 2 aliphatic heterocycles. The summed E-state index contributed by atoms with van der Waals surface area (Å²) in [4.78, 5) is 17.1. The lowest BCUT2D eigenvalue weighted by Gasteiger charge is -2.31. The fourth-order valence-electron chi connectivity index (χ4n) is 4.02. The standard InChI is InChI=1S/C19H30N8O/c28-19(18-16-27(23-22-18)15-14-24-12-6-20-7-13-24)25-9-2-17(3-10-25)4-11-26-8-1-5-21-26/h1,5,8,16-17,20H,2-4,6-7,9-15H2. The number of amides is 1. The van der Waals surface area contributed by atoms with Crippen molar-refractivity contribution in [3.05, 3.63) is 30.4 Å². The van der Waals surface area contributed by atoms with E-state index < -0.39 is 0 Å². The van der Waals surface area contributed by atoms with Gasteiger partial charge in [0.25, 0.3) is 5.91 Å². The predicted molar refractivity (Wildman–Crippen MR) is 105 cm³/mol. The number of aromatic nitrogens is 5. The minimum absolute atomic E-state index is 0.0129. The van der Waals surface area contributed by atoms with E-state index in [9.17, 15) is 4.79 Å². The summed E-state index contributed by atoms with van der Waals surface area (Å²) in [6, 6.07) is 1.96. The monoisotopic (exact) mass is 386 g/mol. The Morgan fingerprint density at radius 1 is 1.07 bits per heavy atom. The fourth-order valence-corrected chi connectivity index (χ4v) is 4.02. The van der Waals surface area contributed by atoms with Crippen molar-refractivity contribution in [2.45, 2.75) is 32.4 Å². The summed E-state index contributed by atoms with van der Waals surface area (Å²) in [5.41, 5.74) is 0.468. The maximum Gasteiger partial charge on any atom is 0.276 e. The number of carbonyl (C=O) groups is 1. The van der Waals surface area contributed by atoms with Gasteiger partial charge in [0.15, 0.2) is 5.69 Å². The predicted octanol–water partition coefficient (Wildman–Crippen LogP) is 0.322. The molecule has 4 heterocycles. The van der Waals surface area contributed by atoms with Crippen LogP contribution in [0.3, 0.4) is 0 Å². The molecule has 152 valence electrons. The molecular formula is C19H30N8O. The molecule has 2 aromatic rings. The van der Waals surface area contributed by atoms with E-state index in [0.29, 0.717) is 11.6 Å². The minimum Gasteiger partial charge on any atom is -0.337 e. The first-order valence-electron chi connectivity index (χ1n) is 10.4. The number of nitrogens with zero attached hydrogens (tertiary/aromatic N) is 7. The minimum atomic E-state index is 0.0129. The summed E-state index contributed by atoms with van der Waals surface area (Å²) in [5, 5.41) is 15.9. The molecule has 9 nitrogen and oxygen atoms in total. The second kappa shape index (κ2) is 9.29. The van der Waals surface area contributed by atoms with Crippen molar-refractivity contribution >= 4 is 5.91 Å². The van der Waals surface area contributed by atoms with Gasteiger partial charge in [0.2, 0.25) is 0 Å². The number of piperidine rings is 1. The highest BCUT2D eigenvalue weighted by Crippen LogP contribution is 2.22. The molecule has 1 amide bonds. The Bertz CT molecular complexity index is 729. The van der Waals surface area contributed by atoms with E-state index in [1.54, 1.807) is 10.9 Å². The van der Waals surface area contributed by atoms with Crippen LogP contribution in [0.5, 0.6) is 0 Å². The van der Waals surface area contributed by atoms with Crippen LogP contribution in [0, 0.1) is 5.92 Å². The molecule has 4 rings (SSSR count). The molecule has 0 saturated carbocycles. The first-order chi connectivity index (χ1) is 13.8. The lowest BCUT2D eigenvalue weighted by Crippen LogP contribution is -2.44. The third kappa shape index (κ3) is 4.96. The molecule has 0 atom stereocenters. The van der Waals surface area contributed by atoms with Gasteiger partial charge in [-0.3, -0.25) is 19.1 Å². The van der Waals surface area contributed by atoms with E-state index in [4.69, 9.17) is 0 Å². The Hall–Kier alpha value is -2.26. The smallest absolute Gasteiger partial charge is 0.276 e. The van der Waals surface area contributed by atoms with Crippen molar-refractivity contribution < 1.29 is 4.79 Å². The quantitative estimate of drug-likeness (QED) is 0.738. The molecule has 9 heteroatoms. The van der Waals surface area contributed by atoms with Crippen molar-refractivity contribution in [3.63, 3.8) is 0 Å². The van der Waals surface area contributed by atoms with Gasteiger partial charge < -0.3 is 10.2 Å². The van der Waals surface area contributed by atoms with E-state index in [0.717, 1.165) is 78.2 Å². The number of hydrogen-bond acceptors (Lipinski definition) is 6. The topological polar surface area (TPSA) is 84.1 Å². The first kappa shape index (κ1) is 19.1. The molecule has 0 bridgehead atoms. The van der Waals surface area contributed by atoms with Crippen LogP contribution in [-0.4, -0.2) is 86.3 Å². The van der Waals surface area contributed by atoms with Crippen molar-refractivity contribution in [2.75, 3.05) is 45.8 Å². The number of carbonyl (C=O) groups excluding carboxylic acids is 1. The molecule has 0 aliphatic carbocycles. The van der Waals surface area contributed by atoms with Gasteiger partial charge in [0.1, 0.15) is 0 Å². The normalized spacial score (nSPS) is 19.2. The average molecular weight is 387 g/mol. The van der Waals surface area contributed by atoms with Gasteiger partial charge in [-0.05, 0) is 31.2 Å². The SMILES string of the molecule is O=C(c1cn(CCN2CCNCC2)nn1)N1CCC(CCn2cccn2)CC1. The van der Waals surface area contributed by atoms with Gasteiger partial charge in [0, 0.05) is 64.8 Å².